The molecule has 0 aliphatic carbocycles. The van der Waals surface area contributed by atoms with Crippen LogP contribution in [0.5, 0.6) is 0 Å². The van der Waals surface area contributed by atoms with Gasteiger partial charge in [0.25, 0.3) is 5.91 Å². The van der Waals surface area contributed by atoms with Crippen LogP contribution in [0, 0.1) is 0 Å². The summed E-state index contributed by atoms with van der Waals surface area (Å²) in [6.07, 6.45) is 2.89. The highest BCUT2D eigenvalue weighted by Crippen LogP contribution is 2.08. The molecule has 0 unspecified atom stereocenters. The zero-order valence-electron chi connectivity index (χ0n) is 10.1. The molecule has 0 radical (unpaired) electrons. The Hall–Kier alpha value is -1.85. The van der Waals surface area contributed by atoms with Gasteiger partial charge in [0, 0.05) is 13.1 Å². The summed E-state index contributed by atoms with van der Waals surface area (Å²) in [6.45, 7) is 5.16. The van der Waals surface area contributed by atoms with Crippen LogP contribution >= 0.6 is 0 Å². The summed E-state index contributed by atoms with van der Waals surface area (Å²) in [6, 6.07) is 0. The van der Waals surface area contributed by atoms with E-state index in [1.165, 1.54) is 6.33 Å². The van der Waals surface area contributed by atoms with Gasteiger partial charge in [-0.15, -0.1) is 0 Å². The number of aromatic carboxylic acids is 1. The molecule has 0 bridgehead atoms. The largest absolute Gasteiger partial charge is 0.477 e. The van der Waals surface area contributed by atoms with Crippen LogP contribution in [0.25, 0.3) is 0 Å². The van der Waals surface area contributed by atoms with E-state index < -0.39 is 5.97 Å². The van der Waals surface area contributed by atoms with Gasteiger partial charge in [-0.2, -0.15) is 0 Å². The van der Waals surface area contributed by atoms with Crippen LogP contribution in [0.3, 0.4) is 0 Å². The van der Waals surface area contributed by atoms with Gasteiger partial charge >= 0.3 is 5.97 Å². The van der Waals surface area contributed by atoms with E-state index in [0.717, 1.165) is 12.8 Å². The topological polar surface area (TPSA) is 86.3 Å². The highest BCUT2D eigenvalue weighted by Gasteiger charge is 2.23. The number of aromatic amines is 1. The van der Waals surface area contributed by atoms with Crippen LogP contribution in [0.4, 0.5) is 0 Å². The molecule has 0 spiro atoms. The third kappa shape index (κ3) is 3.05. The van der Waals surface area contributed by atoms with Gasteiger partial charge in [-0.1, -0.05) is 13.8 Å². The Labute approximate surface area is 99.7 Å². The number of aromatic nitrogens is 2. The molecule has 0 saturated carbocycles. The third-order valence-electron chi connectivity index (χ3n) is 2.33. The number of rotatable bonds is 6. The fraction of sp³-hybridized carbons (Fsp3) is 0.545. The Morgan fingerprint density at radius 1 is 1.35 bits per heavy atom. The second kappa shape index (κ2) is 6.03. The minimum atomic E-state index is -1.17. The van der Waals surface area contributed by atoms with Crippen molar-refractivity contribution < 1.29 is 14.7 Å². The fourth-order valence-electron chi connectivity index (χ4n) is 1.62. The Bertz CT molecular complexity index is 394. The van der Waals surface area contributed by atoms with E-state index >= 15 is 0 Å². The van der Waals surface area contributed by atoms with Gasteiger partial charge in [0.2, 0.25) is 0 Å². The predicted molar refractivity (Wildman–Crippen MR) is 62.0 cm³/mol. The molecule has 0 fully saturated rings. The number of hydrogen-bond donors (Lipinski definition) is 2. The molecule has 1 amide bonds. The van der Waals surface area contributed by atoms with Crippen LogP contribution in [-0.4, -0.2) is 44.9 Å². The summed E-state index contributed by atoms with van der Waals surface area (Å²) in [7, 11) is 0. The van der Waals surface area contributed by atoms with Gasteiger partial charge in [-0.3, -0.25) is 4.79 Å². The van der Waals surface area contributed by atoms with E-state index in [2.05, 4.69) is 9.97 Å². The minimum Gasteiger partial charge on any atom is -0.477 e. The molecule has 94 valence electrons. The van der Waals surface area contributed by atoms with Crippen molar-refractivity contribution in [3.8, 4) is 0 Å². The van der Waals surface area contributed by atoms with Crippen molar-refractivity contribution in [2.75, 3.05) is 13.1 Å². The first-order valence-corrected chi connectivity index (χ1v) is 5.67. The molecule has 2 N–H and O–H groups in total. The summed E-state index contributed by atoms with van der Waals surface area (Å²) in [5.41, 5.74) is -0.161. The van der Waals surface area contributed by atoms with Crippen molar-refractivity contribution in [2.45, 2.75) is 26.7 Å². The quantitative estimate of drug-likeness (QED) is 0.785. The van der Waals surface area contributed by atoms with Crippen LogP contribution in [0.2, 0.25) is 0 Å². The number of carboxylic acids is 1. The average Bonchev–Trinajstić information content (AvgIpc) is 2.76. The Morgan fingerprint density at radius 2 is 1.94 bits per heavy atom. The zero-order chi connectivity index (χ0) is 12.8. The van der Waals surface area contributed by atoms with Crippen molar-refractivity contribution in [1.29, 1.82) is 0 Å². The lowest BCUT2D eigenvalue weighted by Gasteiger charge is -2.20. The first-order valence-electron chi connectivity index (χ1n) is 5.67. The van der Waals surface area contributed by atoms with Gasteiger partial charge in [0.15, 0.2) is 11.4 Å². The molecule has 0 aliphatic rings. The minimum absolute atomic E-state index is 0.0144. The van der Waals surface area contributed by atoms with E-state index in [1.807, 2.05) is 13.8 Å². The lowest BCUT2D eigenvalue weighted by Crippen LogP contribution is -2.33. The number of carbonyl (C=O) groups excluding carboxylic acids is 1. The monoisotopic (exact) mass is 239 g/mol. The number of nitrogens with one attached hydrogen (secondary N) is 1. The Balaban J connectivity index is 2.92. The maximum Gasteiger partial charge on any atom is 0.354 e. The number of carbonyl (C=O) groups is 2. The molecule has 0 atom stereocenters. The zero-order valence-corrected chi connectivity index (χ0v) is 10.1. The van der Waals surface area contributed by atoms with E-state index in [0.29, 0.717) is 13.1 Å². The molecular weight excluding hydrogens is 222 g/mol. The highest BCUT2D eigenvalue weighted by atomic mass is 16.4. The molecule has 1 rings (SSSR count). The van der Waals surface area contributed by atoms with E-state index in [9.17, 15) is 9.59 Å². The summed E-state index contributed by atoms with van der Waals surface area (Å²) < 4.78 is 0. The number of H-pyrrole nitrogens is 1. The Kier molecular flexibility index (Phi) is 4.68. The molecule has 1 aromatic rings. The van der Waals surface area contributed by atoms with Gasteiger partial charge < -0.3 is 15.0 Å². The molecule has 0 aromatic carbocycles. The molecule has 1 heterocycles. The third-order valence-corrected chi connectivity index (χ3v) is 2.33. The number of hydrogen-bond acceptors (Lipinski definition) is 3. The van der Waals surface area contributed by atoms with Crippen molar-refractivity contribution in [3.05, 3.63) is 17.7 Å². The van der Waals surface area contributed by atoms with E-state index in [1.54, 1.807) is 4.90 Å². The molecule has 0 aliphatic heterocycles. The SMILES string of the molecule is CCCN(CCC)C(=O)c1nc[nH]c1C(=O)O. The Morgan fingerprint density at radius 3 is 2.41 bits per heavy atom. The maximum absolute atomic E-state index is 12.1. The van der Waals surface area contributed by atoms with Gasteiger partial charge in [-0.25, -0.2) is 9.78 Å². The summed E-state index contributed by atoms with van der Waals surface area (Å²) in [5, 5.41) is 8.90. The molecule has 17 heavy (non-hydrogen) atoms. The number of imidazole rings is 1. The second-order valence-electron chi connectivity index (χ2n) is 3.72. The van der Waals surface area contributed by atoms with E-state index in [-0.39, 0.29) is 17.3 Å². The molecule has 6 nitrogen and oxygen atoms in total. The van der Waals surface area contributed by atoms with Crippen molar-refractivity contribution in [3.63, 3.8) is 0 Å². The first-order chi connectivity index (χ1) is 8.11. The lowest BCUT2D eigenvalue weighted by atomic mass is 10.2. The number of nitrogens with zero attached hydrogens (tertiary/aromatic N) is 2. The first kappa shape index (κ1) is 13.2. The average molecular weight is 239 g/mol. The summed E-state index contributed by atoms with van der Waals surface area (Å²) in [4.78, 5) is 30.9. The number of carboxylic acid groups (broad SMARTS) is 1. The van der Waals surface area contributed by atoms with Crippen LogP contribution in [-0.2, 0) is 0 Å². The van der Waals surface area contributed by atoms with Crippen LogP contribution in [0.15, 0.2) is 6.33 Å². The van der Waals surface area contributed by atoms with Gasteiger partial charge in [0.05, 0.1) is 6.33 Å². The standard InChI is InChI=1S/C11H17N3O3/c1-3-5-14(6-4-2)10(15)8-9(11(16)17)13-7-12-8/h7H,3-6H2,1-2H3,(H,12,13)(H,16,17). The summed E-state index contributed by atoms with van der Waals surface area (Å²) in [5.74, 6) is -1.49. The van der Waals surface area contributed by atoms with Gasteiger partial charge in [0.1, 0.15) is 0 Å². The molecule has 1 aromatic heterocycles. The summed E-state index contributed by atoms with van der Waals surface area (Å²) >= 11 is 0. The lowest BCUT2D eigenvalue weighted by molar-refractivity contribution is 0.0668. The van der Waals surface area contributed by atoms with Crippen molar-refractivity contribution in [1.82, 2.24) is 14.9 Å². The van der Waals surface area contributed by atoms with Gasteiger partial charge in [-0.05, 0) is 12.8 Å². The fourth-order valence-corrected chi connectivity index (χ4v) is 1.62. The highest BCUT2D eigenvalue weighted by molar-refractivity contribution is 6.02. The van der Waals surface area contributed by atoms with Crippen molar-refractivity contribution in [2.24, 2.45) is 0 Å². The smallest absolute Gasteiger partial charge is 0.354 e. The molecule has 6 heteroatoms. The molecular formula is C11H17N3O3. The van der Waals surface area contributed by atoms with Crippen LogP contribution in [0.1, 0.15) is 47.7 Å². The van der Waals surface area contributed by atoms with Crippen LogP contribution < -0.4 is 0 Å². The number of amides is 1. The van der Waals surface area contributed by atoms with Crippen molar-refractivity contribution >= 4 is 11.9 Å². The molecule has 0 saturated heterocycles. The normalized spacial score (nSPS) is 10.2. The predicted octanol–water partition coefficient (Wildman–Crippen LogP) is 1.37. The van der Waals surface area contributed by atoms with E-state index in [4.69, 9.17) is 5.11 Å². The second-order valence-corrected chi connectivity index (χ2v) is 3.72. The maximum atomic E-state index is 12.1.